The van der Waals surface area contributed by atoms with E-state index in [-0.39, 0.29) is 6.04 Å². The largest absolute Gasteiger partial charge is 0.350 e. The average molecular weight is 359 g/mol. The van der Waals surface area contributed by atoms with Gasteiger partial charge in [0.2, 0.25) is 5.78 Å². The third-order valence-corrected chi connectivity index (χ3v) is 5.21. The standard InChI is InChI=1S/C18H23ClN6/c1-12(2)11-25-17(19)16(13(3)22-25)14-5-4-9-23(14)15-6-7-20-18-21-8-10-24(15)18/h6-8,10,12,14H,4-5,9,11H2,1-3H3. The molecule has 1 fully saturated rings. The van der Waals surface area contributed by atoms with Crippen molar-refractivity contribution in [2.45, 2.75) is 46.2 Å². The highest BCUT2D eigenvalue weighted by atomic mass is 35.5. The van der Waals surface area contributed by atoms with Crippen molar-refractivity contribution in [2.24, 2.45) is 5.92 Å². The number of hydrogen-bond acceptors (Lipinski definition) is 4. The predicted molar refractivity (Wildman–Crippen MR) is 99.1 cm³/mol. The van der Waals surface area contributed by atoms with Crippen LogP contribution in [-0.4, -0.2) is 30.7 Å². The van der Waals surface area contributed by atoms with Crippen molar-refractivity contribution in [3.8, 4) is 0 Å². The van der Waals surface area contributed by atoms with E-state index < -0.39 is 0 Å². The second-order valence-electron chi connectivity index (χ2n) is 7.12. The molecular formula is C18H23ClN6. The third kappa shape index (κ3) is 2.78. The lowest BCUT2D eigenvalue weighted by molar-refractivity contribution is 0.481. The molecular weight excluding hydrogens is 336 g/mol. The van der Waals surface area contributed by atoms with Gasteiger partial charge in [0.15, 0.2) is 0 Å². The maximum Gasteiger partial charge on any atom is 0.235 e. The van der Waals surface area contributed by atoms with Crippen LogP contribution in [0.2, 0.25) is 5.15 Å². The molecule has 1 unspecified atom stereocenters. The lowest BCUT2D eigenvalue weighted by Gasteiger charge is -2.27. The van der Waals surface area contributed by atoms with Crippen LogP contribution in [0.25, 0.3) is 5.78 Å². The van der Waals surface area contributed by atoms with Crippen LogP contribution in [0.3, 0.4) is 0 Å². The Morgan fingerprint density at radius 3 is 2.88 bits per heavy atom. The number of fused-ring (bicyclic) bond motifs is 1. The molecule has 3 aromatic rings. The van der Waals surface area contributed by atoms with Gasteiger partial charge in [0.1, 0.15) is 11.0 Å². The Labute approximate surface area is 152 Å². The van der Waals surface area contributed by atoms with E-state index in [1.807, 2.05) is 21.5 Å². The van der Waals surface area contributed by atoms with Crippen LogP contribution >= 0.6 is 11.6 Å². The molecule has 25 heavy (non-hydrogen) atoms. The average Bonchev–Trinajstić information content (AvgIpc) is 3.26. The van der Waals surface area contributed by atoms with Crippen molar-refractivity contribution in [3.63, 3.8) is 0 Å². The van der Waals surface area contributed by atoms with Crippen LogP contribution in [-0.2, 0) is 6.54 Å². The number of aryl methyl sites for hydroxylation is 1. The fraction of sp³-hybridized carbons (Fsp3) is 0.500. The second kappa shape index (κ2) is 6.33. The van der Waals surface area contributed by atoms with E-state index in [0.29, 0.717) is 5.92 Å². The summed E-state index contributed by atoms with van der Waals surface area (Å²) >= 11 is 6.75. The van der Waals surface area contributed by atoms with E-state index in [1.54, 1.807) is 6.20 Å². The van der Waals surface area contributed by atoms with Crippen LogP contribution in [0.1, 0.15) is 44.0 Å². The van der Waals surface area contributed by atoms with Crippen molar-refractivity contribution in [3.05, 3.63) is 41.1 Å². The monoisotopic (exact) mass is 358 g/mol. The first-order valence-electron chi connectivity index (χ1n) is 8.83. The van der Waals surface area contributed by atoms with Gasteiger partial charge in [0.25, 0.3) is 0 Å². The molecule has 132 valence electrons. The Bertz CT molecular complexity index is 896. The number of halogens is 1. The van der Waals surface area contributed by atoms with E-state index in [1.165, 1.54) is 0 Å². The summed E-state index contributed by atoms with van der Waals surface area (Å²) in [7, 11) is 0. The van der Waals surface area contributed by atoms with Crippen LogP contribution in [0.4, 0.5) is 5.82 Å². The van der Waals surface area contributed by atoms with E-state index in [0.717, 1.165) is 53.9 Å². The second-order valence-corrected chi connectivity index (χ2v) is 7.48. The number of aromatic nitrogens is 5. The fourth-order valence-electron chi connectivity index (χ4n) is 3.81. The molecule has 6 nitrogen and oxygen atoms in total. The molecule has 4 heterocycles. The van der Waals surface area contributed by atoms with Gasteiger partial charge in [-0.1, -0.05) is 25.4 Å². The highest BCUT2D eigenvalue weighted by Gasteiger charge is 2.32. The molecule has 0 spiro atoms. The van der Waals surface area contributed by atoms with Crippen molar-refractivity contribution in [1.29, 1.82) is 0 Å². The van der Waals surface area contributed by atoms with Crippen molar-refractivity contribution in [1.82, 2.24) is 24.1 Å². The summed E-state index contributed by atoms with van der Waals surface area (Å²) in [6.45, 7) is 8.26. The molecule has 1 aliphatic rings. The minimum absolute atomic E-state index is 0.237. The van der Waals surface area contributed by atoms with Gasteiger partial charge >= 0.3 is 0 Å². The molecule has 4 rings (SSSR count). The highest BCUT2D eigenvalue weighted by Crippen LogP contribution is 2.40. The number of nitrogens with zero attached hydrogens (tertiary/aromatic N) is 6. The Morgan fingerprint density at radius 1 is 1.28 bits per heavy atom. The number of imidazole rings is 1. The van der Waals surface area contributed by atoms with Gasteiger partial charge in [-0.2, -0.15) is 5.10 Å². The predicted octanol–water partition coefficient (Wildman–Crippen LogP) is 3.89. The molecule has 0 radical (unpaired) electrons. The summed E-state index contributed by atoms with van der Waals surface area (Å²) in [6.07, 6.45) is 7.78. The third-order valence-electron chi connectivity index (χ3n) is 4.81. The summed E-state index contributed by atoms with van der Waals surface area (Å²) in [5.41, 5.74) is 2.18. The maximum atomic E-state index is 6.75. The normalized spacial score (nSPS) is 18.0. The molecule has 0 bridgehead atoms. The summed E-state index contributed by atoms with van der Waals surface area (Å²) in [6, 6.07) is 2.29. The summed E-state index contributed by atoms with van der Waals surface area (Å²) < 4.78 is 3.99. The lowest BCUT2D eigenvalue weighted by Crippen LogP contribution is -2.25. The first-order chi connectivity index (χ1) is 12.1. The molecule has 1 saturated heterocycles. The SMILES string of the molecule is Cc1nn(CC(C)C)c(Cl)c1C1CCCN1c1ccnc2nccn12. The molecule has 1 aliphatic heterocycles. The topological polar surface area (TPSA) is 51.2 Å². The Hall–Kier alpha value is -2.08. The lowest BCUT2D eigenvalue weighted by atomic mass is 10.1. The van der Waals surface area contributed by atoms with Gasteiger partial charge in [-0.25, -0.2) is 9.97 Å². The van der Waals surface area contributed by atoms with Crippen LogP contribution in [0, 0.1) is 12.8 Å². The first-order valence-corrected chi connectivity index (χ1v) is 9.21. The van der Waals surface area contributed by atoms with Crippen molar-refractivity contribution < 1.29 is 0 Å². The molecule has 0 saturated carbocycles. The maximum absolute atomic E-state index is 6.75. The van der Waals surface area contributed by atoms with E-state index in [9.17, 15) is 0 Å². The summed E-state index contributed by atoms with van der Waals surface area (Å²) in [5.74, 6) is 2.34. The molecule has 3 aromatic heterocycles. The van der Waals surface area contributed by atoms with Gasteiger partial charge in [0.05, 0.1) is 11.7 Å². The quantitative estimate of drug-likeness (QED) is 0.710. The fourth-order valence-corrected chi connectivity index (χ4v) is 4.18. The smallest absolute Gasteiger partial charge is 0.235 e. The Kier molecular flexibility index (Phi) is 4.15. The Morgan fingerprint density at radius 2 is 2.08 bits per heavy atom. The summed E-state index contributed by atoms with van der Waals surface area (Å²) in [4.78, 5) is 11.0. The number of rotatable bonds is 4. The van der Waals surface area contributed by atoms with Gasteiger partial charge in [-0.05, 0) is 31.7 Å². The summed E-state index contributed by atoms with van der Waals surface area (Å²) in [5, 5.41) is 5.48. The van der Waals surface area contributed by atoms with E-state index in [4.69, 9.17) is 16.7 Å². The van der Waals surface area contributed by atoms with Gasteiger partial charge < -0.3 is 4.90 Å². The molecule has 0 amide bonds. The first kappa shape index (κ1) is 16.4. The highest BCUT2D eigenvalue weighted by molar-refractivity contribution is 6.30. The van der Waals surface area contributed by atoms with E-state index in [2.05, 4.69) is 41.7 Å². The van der Waals surface area contributed by atoms with E-state index >= 15 is 0 Å². The minimum Gasteiger partial charge on any atom is -0.350 e. The van der Waals surface area contributed by atoms with Crippen LogP contribution < -0.4 is 4.90 Å². The molecule has 1 atom stereocenters. The van der Waals surface area contributed by atoms with Crippen LogP contribution in [0.15, 0.2) is 24.7 Å². The van der Waals surface area contributed by atoms with Crippen molar-refractivity contribution >= 4 is 23.2 Å². The van der Waals surface area contributed by atoms with Crippen molar-refractivity contribution in [2.75, 3.05) is 11.4 Å². The zero-order valence-corrected chi connectivity index (χ0v) is 15.6. The van der Waals surface area contributed by atoms with Gasteiger partial charge in [-0.3, -0.25) is 9.08 Å². The Balaban J connectivity index is 1.76. The molecule has 7 heteroatoms. The number of hydrogen-bond donors (Lipinski definition) is 0. The van der Waals surface area contributed by atoms with Gasteiger partial charge in [0, 0.05) is 37.2 Å². The molecule has 0 N–H and O–H groups in total. The number of anilines is 1. The van der Waals surface area contributed by atoms with Gasteiger partial charge in [-0.15, -0.1) is 0 Å². The zero-order chi connectivity index (χ0) is 17.6. The van der Waals surface area contributed by atoms with Crippen LogP contribution in [0.5, 0.6) is 0 Å². The molecule has 0 aliphatic carbocycles. The minimum atomic E-state index is 0.237. The zero-order valence-electron chi connectivity index (χ0n) is 14.9. The molecule has 0 aromatic carbocycles.